The number of amides is 1. The van der Waals surface area contributed by atoms with Crippen LogP contribution in [-0.4, -0.2) is 11.1 Å². The molecule has 0 saturated carbocycles. The summed E-state index contributed by atoms with van der Waals surface area (Å²) >= 11 is 1.62. The van der Waals surface area contributed by atoms with Gasteiger partial charge in [0.05, 0.1) is 11.7 Å². The molecule has 0 aliphatic carbocycles. The van der Waals surface area contributed by atoms with E-state index in [0.29, 0.717) is 17.0 Å². The molecule has 2 heterocycles. The van der Waals surface area contributed by atoms with E-state index in [9.17, 15) is 4.79 Å². The van der Waals surface area contributed by atoms with Gasteiger partial charge in [-0.2, -0.15) is 0 Å². The summed E-state index contributed by atoms with van der Waals surface area (Å²) in [7, 11) is 0. The Morgan fingerprint density at radius 3 is 2.55 bits per heavy atom. The molecule has 4 nitrogen and oxygen atoms in total. The Balaban J connectivity index is 1.93. The molecule has 2 aromatic heterocycles. The van der Waals surface area contributed by atoms with Crippen molar-refractivity contribution in [2.45, 2.75) is 19.9 Å². The maximum atomic E-state index is 12.6. The number of benzene rings is 1. The molecule has 0 fully saturated rings. The molecule has 1 amide bonds. The predicted molar refractivity (Wildman–Crippen MR) is 86.0 cm³/mol. The molecule has 1 atom stereocenters. The summed E-state index contributed by atoms with van der Waals surface area (Å²) in [6.45, 7) is 3.52. The number of thiophene rings is 1. The molecule has 112 valence electrons. The molecule has 5 heteroatoms. The number of rotatable bonds is 4. The zero-order valence-electron chi connectivity index (χ0n) is 12.4. The minimum absolute atomic E-state index is 0.168. The highest BCUT2D eigenvalue weighted by Crippen LogP contribution is 2.26. The first-order valence-electron chi connectivity index (χ1n) is 6.99. The molecule has 3 rings (SSSR count). The van der Waals surface area contributed by atoms with Gasteiger partial charge in [-0.1, -0.05) is 41.6 Å². The topological polar surface area (TPSA) is 55.1 Å². The Morgan fingerprint density at radius 1 is 1.18 bits per heavy atom. The number of hydrogen-bond acceptors (Lipinski definition) is 4. The first-order valence-corrected chi connectivity index (χ1v) is 7.87. The Labute approximate surface area is 132 Å². The molecule has 0 aliphatic rings. The van der Waals surface area contributed by atoms with Gasteiger partial charge in [-0.15, -0.1) is 11.3 Å². The molecule has 0 spiro atoms. The summed E-state index contributed by atoms with van der Waals surface area (Å²) in [5.41, 5.74) is 2.16. The van der Waals surface area contributed by atoms with Crippen LogP contribution < -0.4 is 5.32 Å². The predicted octanol–water partition coefficient (Wildman–Crippen LogP) is 3.87. The largest absolute Gasteiger partial charge is 0.361 e. The molecule has 1 N–H and O–H groups in total. The molecule has 1 aromatic carbocycles. The van der Waals surface area contributed by atoms with Gasteiger partial charge in [-0.25, -0.2) is 0 Å². The SMILES string of the molecule is Cc1noc(C)c1C(=O)N[C@@H](c1ccccc1)c1cccs1. The van der Waals surface area contributed by atoms with Gasteiger partial charge in [-0.3, -0.25) is 4.79 Å². The van der Waals surface area contributed by atoms with E-state index < -0.39 is 0 Å². The van der Waals surface area contributed by atoms with Gasteiger partial charge < -0.3 is 9.84 Å². The Kier molecular flexibility index (Phi) is 4.06. The Hall–Kier alpha value is -2.40. The third-order valence-corrected chi connectivity index (χ3v) is 4.43. The van der Waals surface area contributed by atoms with Crippen molar-refractivity contribution in [3.05, 3.63) is 75.3 Å². The smallest absolute Gasteiger partial charge is 0.257 e. The highest BCUT2D eigenvalue weighted by molar-refractivity contribution is 7.10. The van der Waals surface area contributed by atoms with Gasteiger partial charge in [-0.05, 0) is 30.9 Å². The Bertz CT molecular complexity index is 744. The lowest BCUT2D eigenvalue weighted by molar-refractivity contribution is 0.0941. The summed E-state index contributed by atoms with van der Waals surface area (Å²) in [5.74, 6) is 0.367. The summed E-state index contributed by atoms with van der Waals surface area (Å²) in [6.07, 6.45) is 0. The van der Waals surface area contributed by atoms with E-state index in [2.05, 4.69) is 10.5 Å². The summed E-state index contributed by atoms with van der Waals surface area (Å²) in [4.78, 5) is 13.7. The van der Waals surface area contributed by atoms with Crippen LogP contribution in [0, 0.1) is 13.8 Å². The normalized spacial score (nSPS) is 12.1. The number of hydrogen-bond donors (Lipinski definition) is 1. The van der Waals surface area contributed by atoms with Crippen molar-refractivity contribution in [3.8, 4) is 0 Å². The summed E-state index contributed by atoms with van der Waals surface area (Å²) < 4.78 is 5.09. The van der Waals surface area contributed by atoms with E-state index in [0.717, 1.165) is 10.4 Å². The number of carbonyl (C=O) groups is 1. The van der Waals surface area contributed by atoms with Crippen LogP contribution in [0.4, 0.5) is 0 Å². The van der Waals surface area contributed by atoms with Gasteiger partial charge in [0.2, 0.25) is 0 Å². The first kappa shape index (κ1) is 14.5. The molecular weight excluding hydrogens is 296 g/mol. The van der Waals surface area contributed by atoms with E-state index in [-0.39, 0.29) is 11.9 Å². The maximum Gasteiger partial charge on any atom is 0.257 e. The lowest BCUT2D eigenvalue weighted by Gasteiger charge is -2.18. The van der Waals surface area contributed by atoms with E-state index in [4.69, 9.17) is 4.52 Å². The van der Waals surface area contributed by atoms with E-state index in [1.807, 2.05) is 47.8 Å². The molecule has 0 saturated heterocycles. The van der Waals surface area contributed by atoms with Crippen LogP contribution in [-0.2, 0) is 0 Å². The van der Waals surface area contributed by atoms with Gasteiger partial charge >= 0.3 is 0 Å². The second-order valence-corrected chi connectivity index (χ2v) is 6.01. The number of aryl methyl sites for hydroxylation is 2. The average molecular weight is 312 g/mol. The van der Waals surface area contributed by atoms with Crippen LogP contribution in [0.15, 0.2) is 52.4 Å². The van der Waals surface area contributed by atoms with Gasteiger partial charge in [0.1, 0.15) is 11.3 Å². The van der Waals surface area contributed by atoms with E-state index in [1.165, 1.54) is 0 Å². The van der Waals surface area contributed by atoms with E-state index >= 15 is 0 Å². The third kappa shape index (κ3) is 2.80. The highest BCUT2D eigenvalue weighted by atomic mass is 32.1. The van der Waals surface area contributed by atoms with Crippen molar-refractivity contribution in [2.24, 2.45) is 0 Å². The second kappa shape index (κ2) is 6.15. The van der Waals surface area contributed by atoms with Crippen LogP contribution in [0.25, 0.3) is 0 Å². The third-order valence-electron chi connectivity index (χ3n) is 3.50. The van der Waals surface area contributed by atoms with Crippen molar-refractivity contribution in [1.82, 2.24) is 10.5 Å². The molecule has 0 aliphatic heterocycles. The van der Waals surface area contributed by atoms with Gasteiger partial charge in [0.25, 0.3) is 5.91 Å². The van der Waals surface area contributed by atoms with E-state index in [1.54, 1.807) is 25.2 Å². The Morgan fingerprint density at radius 2 is 1.95 bits per heavy atom. The van der Waals surface area contributed by atoms with Crippen molar-refractivity contribution < 1.29 is 9.32 Å². The zero-order valence-corrected chi connectivity index (χ0v) is 13.2. The van der Waals surface area contributed by atoms with Crippen molar-refractivity contribution in [1.29, 1.82) is 0 Å². The molecule has 0 bridgehead atoms. The monoisotopic (exact) mass is 312 g/mol. The van der Waals surface area contributed by atoms with Crippen LogP contribution in [0.5, 0.6) is 0 Å². The lowest BCUT2D eigenvalue weighted by Crippen LogP contribution is -2.29. The number of nitrogens with one attached hydrogen (secondary N) is 1. The molecule has 3 aromatic rings. The second-order valence-electron chi connectivity index (χ2n) is 5.03. The summed E-state index contributed by atoms with van der Waals surface area (Å²) in [6, 6.07) is 13.8. The fraction of sp³-hybridized carbons (Fsp3) is 0.176. The highest BCUT2D eigenvalue weighted by Gasteiger charge is 2.23. The van der Waals surface area contributed by atoms with Gasteiger partial charge in [0, 0.05) is 4.88 Å². The molecular formula is C17H16N2O2S. The standard InChI is InChI=1S/C17H16N2O2S/c1-11-15(12(2)21-19-11)17(20)18-16(14-9-6-10-22-14)13-7-4-3-5-8-13/h3-10,16H,1-2H3,(H,18,20)/t16-/m0/s1. The van der Waals surface area contributed by atoms with Gasteiger partial charge in [0.15, 0.2) is 0 Å². The van der Waals surface area contributed by atoms with Crippen molar-refractivity contribution >= 4 is 17.2 Å². The molecule has 0 unspecified atom stereocenters. The van der Waals surface area contributed by atoms with Crippen LogP contribution in [0.1, 0.15) is 38.3 Å². The number of nitrogens with zero attached hydrogens (tertiary/aromatic N) is 1. The fourth-order valence-electron chi connectivity index (χ4n) is 2.43. The molecule has 22 heavy (non-hydrogen) atoms. The minimum Gasteiger partial charge on any atom is -0.361 e. The average Bonchev–Trinajstić information content (AvgIpc) is 3.16. The number of carbonyl (C=O) groups excluding carboxylic acids is 1. The van der Waals surface area contributed by atoms with Crippen LogP contribution in [0.3, 0.4) is 0 Å². The number of aromatic nitrogens is 1. The van der Waals surface area contributed by atoms with Crippen LogP contribution in [0.2, 0.25) is 0 Å². The van der Waals surface area contributed by atoms with Crippen LogP contribution >= 0.6 is 11.3 Å². The zero-order chi connectivity index (χ0) is 15.5. The first-order chi connectivity index (χ1) is 10.7. The molecule has 0 radical (unpaired) electrons. The lowest BCUT2D eigenvalue weighted by atomic mass is 10.0. The van der Waals surface area contributed by atoms with Crippen molar-refractivity contribution in [2.75, 3.05) is 0 Å². The minimum atomic E-state index is -0.178. The quantitative estimate of drug-likeness (QED) is 0.795. The van der Waals surface area contributed by atoms with Crippen molar-refractivity contribution in [3.63, 3.8) is 0 Å². The summed E-state index contributed by atoms with van der Waals surface area (Å²) in [5, 5.41) is 8.95. The fourth-order valence-corrected chi connectivity index (χ4v) is 3.23. The maximum absolute atomic E-state index is 12.6.